The van der Waals surface area contributed by atoms with Gasteiger partial charge in [-0.1, -0.05) is 22.6 Å². The maximum atomic E-state index is 11.0. The average molecular weight is 272 g/mol. The number of aliphatic hydroxyl groups is 1. The molecule has 0 aliphatic carbocycles. The molecule has 0 spiro atoms. The van der Waals surface area contributed by atoms with Gasteiger partial charge in [0.25, 0.3) is 0 Å². The second-order valence-corrected chi connectivity index (χ2v) is 3.14. The molecule has 0 aliphatic heterocycles. The summed E-state index contributed by atoms with van der Waals surface area (Å²) in [5.41, 5.74) is 0. The normalized spacial score (nSPS) is 15.6. The summed E-state index contributed by atoms with van der Waals surface area (Å²) in [7, 11) is 0. The first kappa shape index (κ1) is 11.2. The van der Waals surface area contributed by atoms with Crippen LogP contribution in [0.25, 0.3) is 0 Å². The Balaban J connectivity index is 3.80. The van der Waals surface area contributed by atoms with Gasteiger partial charge >= 0.3 is 5.97 Å². The van der Waals surface area contributed by atoms with Crippen LogP contribution in [0.5, 0.6) is 0 Å². The van der Waals surface area contributed by atoms with E-state index in [4.69, 9.17) is 4.74 Å². The van der Waals surface area contributed by atoms with E-state index in [0.29, 0.717) is 11.0 Å². The van der Waals surface area contributed by atoms with E-state index in [1.54, 1.807) is 13.8 Å². The monoisotopic (exact) mass is 272 g/mol. The van der Waals surface area contributed by atoms with Gasteiger partial charge in [-0.3, -0.25) is 4.79 Å². The Morgan fingerprint density at radius 2 is 2.27 bits per heavy atom. The molecule has 66 valence electrons. The minimum absolute atomic E-state index is 0.323. The van der Waals surface area contributed by atoms with Crippen molar-refractivity contribution in [1.29, 1.82) is 0 Å². The van der Waals surface area contributed by atoms with E-state index in [2.05, 4.69) is 0 Å². The molecular weight excluding hydrogens is 259 g/mol. The Morgan fingerprint density at radius 3 is 2.64 bits per heavy atom. The van der Waals surface area contributed by atoms with Crippen LogP contribution in [0.15, 0.2) is 0 Å². The van der Waals surface area contributed by atoms with Crippen molar-refractivity contribution in [3.8, 4) is 0 Å². The number of carbonyl (C=O) groups is 1. The molecule has 0 unspecified atom stereocenters. The first-order valence-corrected chi connectivity index (χ1v) is 5.06. The number of carbonyl (C=O) groups excluding carboxylic acids is 1. The quantitative estimate of drug-likeness (QED) is 0.471. The zero-order chi connectivity index (χ0) is 8.85. The molecule has 0 rings (SSSR count). The number of hydrogen-bond acceptors (Lipinski definition) is 3. The lowest BCUT2D eigenvalue weighted by atomic mass is 10.1. The molecule has 0 saturated heterocycles. The van der Waals surface area contributed by atoms with E-state index in [-0.39, 0.29) is 5.97 Å². The summed E-state index contributed by atoms with van der Waals surface area (Å²) in [6, 6.07) is 0. The SMILES string of the molecule is CCOC(=O)[C@@H](C)[C@H](O)CI. The van der Waals surface area contributed by atoms with Crippen LogP contribution in [0.3, 0.4) is 0 Å². The summed E-state index contributed by atoms with van der Waals surface area (Å²) in [5, 5.41) is 9.22. The van der Waals surface area contributed by atoms with Gasteiger partial charge in [-0.15, -0.1) is 0 Å². The van der Waals surface area contributed by atoms with Gasteiger partial charge in [0.05, 0.1) is 18.6 Å². The van der Waals surface area contributed by atoms with Crippen molar-refractivity contribution in [2.45, 2.75) is 20.0 Å². The molecule has 3 nitrogen and oxygen atoms in total. The fourth-order valence-corrected chi connectivity index (χ4v) is 1.33. The molecule has 0 fully saturated rings. The van der Waals surface area contributed by atoms with Crippen LogP contribution in [-0.2, 0) is 9.53 Å². The van der Waals surface area contributed by atoms with Crippen molar-refractivity contribution < 1.29 is 14.6 Å². The topological polar surface area (TPSA) is 46.5 Å². The zero-order valence-electron chi connectivity index (χ0n) is 6.71. The standard InChI is InChI=1S/C7H13IO3/c1-3-11-7(10)5(2)6(9)4-8/h5-6,9H,3-4H2,1-2H3/t5-,6+/m0/s1. The number of rotatable bonds is 4. The summed E-state index contributed by atoms with van der Waals surface area (Å²) in [6.45, 7) is 3.79. The van der Waals surface area contributed by atoms with E-state index >= 15 is 0 Å². The van der Waals surface area contributed by atoms with E-state index in [0.717, 1.165) is 0 Å². The molecule has 0 aromatic rings. The lowest BCUT2D eigenvalue weighted by molar-refractivity contribution is -0.150. The summed E-state index contributed by atoms with van der Waals surface area (Å²) in [4.78, 5) is 11.0. The maximum Gasteiger partial charge on any atom is 0.311 e. The first-order valence-electron chi connectivity index (χ1n) is 3.54. The van der Waals surface area contributed by atoms with Gasteiger partial charge in [0.2, 0.25) is 0 Å². The zero-order valence-corrected chi connectivity index (χ0v) is 8.87. The van der Waals surface area contributed by atoms with Crippen LogP contribution in [0.1, 0.15) is 13.8 Å². The molecule has 0 aliphatic rings. The number of hydrogen-bond donors (Lipinski definition) is 1. The van der Waals surface area contributed by atoms with Gasteiger partial charge in [-0.2, -0.15) is 0 Å². The van der Waals surface area contributed by atoms with Crippen molar-refractivity contribution in [1.82, 2.24) is 0 Å². The third-order valence-electron chi connectivity index (χ3n) is 1.39. The third-order valence-corrected chi connectivity index (χ3v) is 2.30. The Hall–Kier alpha value is 0.160. The fraction of sp³-hybridized carbons (Fsp3) is 0.857. The van der Waals surface area contributed by atoms with Gasteiger partial charge in [-0.05, 0) is 13.8 Å². The maximum absolute atomic E-state index is 11.0. The molecule has 0 saturated carbocycles. The van der Waals surface area contributed by atoms with E-state index in [1.807, 2.05) is 22.6 Å². The largest absolute Gasteiger partial charge is 0.466 e. The molecule has 0 amide bonds. The summed E-state index contributed by atoms with van der Waals surface area (Å²) in [6.07, 6.45) is -0.588. The summed E-state index contributed by atoms with van der Waals surface area (Å²) < 4.78 is 5.28. The van der Waals surface area contributed by atoms with Gasteiger partial charge in [0, 0.05) is 4.43 Å². The van der Waals surface area contributed by atoms with Crippen molar-refractivity contribution in [3.63, 3.8) is 0 Å². The Bertz CT molecular complexity index is 127. The van der Waals surface area contributed by atoms with Gasteiger partial charge < -0.3 is 9.84 Å². The number of halogens is 1. The molecule has 0 aromatic carbocycles. The molecular formula is C7H13IO3. The second kappa shape index (κ2) is 5.77. The van der Waals surface area contributed by atoms with E-state index in [9.17, 15) is 9.90 Å². The van der Waals surface area contributed by atoms with Crippen LogP contribution >= 0.6 is 22.6 Å². The number of ether oxygens (including phenoxy) is 1. The highest BCUT2D eigenvalue weighted by atomic mass is 127. The molecule has 0 aromatic heterocycles. The van der Waals surface area contributed by atoms with Gasteiger partial charge in [0.15, 0.2) is 0 Å². The van der Waals surface area contributed by atoms with Crippen LogP contribution in [-0.4, -0.2) is 28.2 Å². The molecule has 0 bridgehead atoms. The fourth-order valence-electron chi connectivity index (χ4n) is 0.564. The average Bonchev–Trinajstić information content (AvgIpc) is 2.02. The van der Waals surface area contributed by atoms with Crippen LogP contribution in [0, 0.1) is 5.92 Å². The third kappa shape index (κ3) is 3.91. The number of alkyl halides is 1. The molecule has 0 radical (unpaired) electrons. The smallest absolute Gasteiger partial charge is 0.311 e. The predicted octanol–water partition coefficient (Wildman–Crippen LogP) is 0.982. The van der Waals surface area contributed by atoms with Crippen LogP contribution in [0.4, 0.5) is 0 Å². The van der Waals surface area contributed by atoms with Crippen LogP contribution in [0.2, 0.25) is 0 Å². The van der Waals surface area contributed by atoms with Crippen molar-refractivity contribution in [2.75, 3.05) is 11.0 Å². The lowest BCUT2D eigenvalue weighted by Gasteiger charge is -2.14. The van der Waals surface area contributed by atoms with Crippen molar-refractivity contribution in [2.24, 2.45) is 5.92 Å². The highest BCUT2D eigenvalue weighted by molar-refractivity contribution is 14.1. The molecule has 0 heterocycles. The van der Waals surface area contributed by atoms with Gasteiger partial charge in [-0.25, -0.2) is 0 Å². The molecule has 11 heavy (non-hydrogen) atoms. The first-order chi connectivity index (χ1) is 5.13. The minimum Gasteiger partial charge on any atom is -0.466 e. The summed E-state index contributed by atoms with van der Waals surface area (Å²) >= 11 is 2.03. The van der Waals surface area contributed by atoms with E-state index < -0.39 is 12.0 Å². The van der Waals surface area contributed by atoms with Crippen molar-refractivity contribution >= 4 is 28.6 Å². The second-order valence-electron chi connectivity index (χ2n) is 2.26. The highest BCUT2D eigenvalue weighted by Crippen LogP contribution is 2.07. The van der Waals surface area contributed by atoms with Gasteiger partial charge in [0.1, 0.15) is 0 Å². The Labute approximate surface area is 80.3 Å². The molecule has 4 heteroatoms. The predicted molar refractivity (Wildman–Crippen MR) is 50.7 cm³/mol. The Kier molecular flexibility index (Phi) is 5.85. The number of esters is 1. The van der Waals surface area contributed by atoms with Crippen LogP contribution < -0.4 is 0 Å². The van der Waals surface area contributed by atoms with Crippen molar-refractivity contribution in [3.05, 3.63) is 0 Å². The number of aliphatic hydroxyl groups excluding tert-OH is 1. The minimum atomic E-state index is -0.588. The Morgan fingerprint density at radius 1 is 1.73 bits per heavy atom. The molecule has 1 N–H and O–H groups in total. The molecule has 2 atom stereocenters. The summed E-state index contributed by atoms with van der Waals surface area (Å²) in [5.74, 6) is -0.733. The highest BCUT2D eigenvalue weighted by Gasteiger charge is 2.21. The lowest BCUT2D eigenvalue weighted by Crippen LogP contribution is -2.28. The van der Waals surface area contributed by atoms with E-state index in [1.165, 1.54) is 0 Å².